The topological polar surface area (TPSA) is 85.0 Å². The first kappa shape index (κ1) is 23.5. The molecular weight excluding hydrogens is 541 g/mol. The summed E-state index contributed by atoms with van der Waals surface area (Å²) in [5.74, 6) is 0.359. The fourth-order valence-electron chi connectivity index (χ4n) is 4.51. The SMILES string of the molecule is CC(I)[C@H]1CC[C@H](n2cc3cc(NC(=O)c4nn(C)cc4Cl)c(C(C)(C)O)cc3n2)CC1. The molecule has 0 aliphatic heterocycles. The lowest BCUT2D eigenvalue weighted by Gasteiger charge is -2.30. The van der Waals surface area contributed by atoms with Crippen LogP contribution in [0.15, 0.2) is 24.5 Å². The van der Waals surface area contributed by atoms with Crippen LogP contribution in [0.5, 0.6) is 0 Å². The van der Waals surface area contributed by atoms with Gasteiger partial charge in [-0.3, -0.25) is 14.2 Å². The summed E-state index contributed by atoms with van der Waals surface area (Å²) in [6, 6.07) is 4.11. The zero-order chi connectivity index (χ0) is 23.2. The molecule has 2 N–H and O–H groups in total. The van der Waals surface area contributed by atoms with E-state index in [1.807, 2.05) is 18.3 Å². The van der Waals surface area contributed by atoms with Gasteiger partial charge in [0.1, 0.15) is 0 Å². The molecule has 2 heterocycles. The van der Waals surface area contributed by atoms with E-state index >= 15 is 0 Å². The van der Waals surface area contributed by atoms with E-state index in [0.717, 1.165) is 29.7 Å². The second-order valence-corrected chi connectivity index (χ2v) is 11.7. The maximum atomic E-state index is 12.8. The molecular formula is C23H29ClIN5O2. The van der Waals surface area contributed by atoms with Crippen LogP contribution < -0.4 is 5.32 Å². The van der Waals surface area contributed by atoms with Gasteiger partial charge in [-0.15, -0.1) is 0 Å². The molecule has 1 amide bonds. The molecule has 1 aromatic carbocycles. The van der Waals surface area contributed by atoms with E-state index in [0.29, 0.717) is 21.2 Å². The van der Waals surface area contributed by atoms with Crippen molar-refractivity contribution in [2.45, 2.75) is 62.0 Å². The highest BCUT2D eigenvalue weighted by Gasteiger charge is 2.27. The number of hydrogen-bond donors (Lipinski definition) is 2. The van der Waals surface area contributed by atoms with Crippen LogP contribution in [0.4, 0.5) is 5.69 Å². The number of rotatable bonds is 5. The number of anilines is 1. The standard InChI is InChI=1S/C23H29ClIN5O2/c1-13(25)14-5-7-16(8-6-14)30-11-15-9-20(17(23(2,3)32)10-19(15)27-30)26-22(31)21-18(24)12-29(4)28-21/h9-14,16,32H,5-8H2,1-4H3,(H,26,31)/t13?,14-,16-. The minimum absolute atomic E-state index is 0.146. The third kappa shape index (κ3) is 4.82. The Morgan fingerprint density at radius 1 is 1.25 bits per heavy atom. The molecule has 0 radical (unpaired) electrons. The number of alkyl halides is 1. The summed E-state index contributed by atoms with van der Waals surface area (Å²) in [6.45, 7) is 5.68. The fourth-order valence-corrected chi connectivity index (χ4v) is 5.49. The summed E-state index contributed by atoms with van der Waals surface area (Å²) in [4.78, 5) is 12.8. The molecule has 2 aromatic heterocycles. The highest BCUT2D eigenvalue weighted by molar-refractivity contribution is 14.1. The predicted molar refractivity (Wildman–Crippen MR) is 136 cm³/mol. The lowest BCUT2D eigenvalue weighted by molar-refractivity contribution is 0.0793. The molecule has 7 nitrogen and oxygen atoms in total. The number of aryl methyl sites for hydroxylation is 1. The van der Waals surface area contributed by atoms with Crippen LogP contribution in [-0.4, -0.2) is 34.5 Å². The summed E-state index contributed by atoms with van der Waals surface area (Å²) in [6.07, 6.45) is 8.29. The number of benzene rings is 1. The Kier molecular flexibility index (Phi) is 6.57. The van der Waals surface area contributed by atoms with Crippen molar-refractivity contribution in [3.63, 3.8) is 0 Å². The molecule has 1 atom stereocenters. The van der Waals surface area contributed by atoms with Crippen LogP contribution in [0.3, 0.4) is 0 Å². The number of aromatic nitrogens is 4. The van der Waals surface area contributed by atoms with E-state index in [2.05, 4.69) is 44.6 Å². The molecule has 1 unspecified atom stereocenters. The van der Waals surface area contributed by atoms with E-state index in [1.54, 1.807) is 27.1 Å². The fraction of sp³-hybridized carbons (Fsp3) is 0.522. The van der Waals surface area contributed by atoms with Crippen LogP contribution in [0.2, 0.25) is 5.02 Å². The number of halogens is 2. The van der Waals surface area contributed by atoms with Crippen LogP contribution in [0.1, 0.15) is 68.5 Å². The minimum atomic E-state index is -1.16. The van der Waals surface area contributed by atoms with E-state index in [4.69, 9.17) is 16.7 Å². The van der Waals surface area contributed by atoms with Crippen molar-refractivity contribution >= 4 is 56.7 Å². The first-order chi connectivity index (χ1) is 15.0. The molecule has 3 aromatic rings. The van der Waals surface area contributed by atoms with E-state index in [-0.39, 0.29) is 10.7 Å². The summed E-state index contributed by atoms with van der Waals surface area (Å²) in [7, 11) is 1.71. The van der Waals surface area contributed by atoms with Gasteiger partial charge < -0.3 is 10.4 Å². The smallest absolute Gasteiger partial charge is 0.277 e. The number of aliphatic hydroxyl groups is 1. The highest BCUT2D eigenvalue weighted by Crippen LogP contribution is 2.37. The maximum absolute atomic E-state index is 12.8. The Bertz CT molecular complexity index is 1140. The summed E-state index contributed by atoms with van der Waals surface area (Å²) in [5, 5.41) is 23.8. The molecule has 1 aliphatic carbocycles. The molecule has 4 rings (SSSR count). The van der Waals surface area contributed by atoms with Gasteiger partial charge in [-0.05, 0) is 57.6 Å². The number of carbonyl (C=O) groups is 1. The van der Waals surface area contributed by atoms with Crippen molar-refractivity contribution in [3.8, 4) is 0 Å². The largest absolute Gasteiger partial charge is 0.386 e. The van der Waals surface area contributed by atoms with Gasteiger partial charge in [-0.1, -0.05) is 41.1 Å². The van der Waals surface area contributed by atoms with Crippen molar-refractivity contribution in [1.82, 2.24) is 19.6 Å². The average Bonchev–Trinajstić information content (AvgIpc) is 3.28. The van der Waals surface area contributed by atoms with Gasteiger partial charge in [0.2, 0.25) is 0 Å². The van der Waals surface area contributed by atoms with Gasteiger partial charge in [0.05, 0.1) is 22.2 Å². The van der Waals surface area contributed by atoms with Crippen molar-refractivity contribution in [3.05, 3.63) is 40.8 Å². The zero-order valence-corrected chi connectivity index (χ0v) is 21.7. The lowest BCUT2D eigenvalue weighted by atomic mass is 9.84. The van der Waals surface area contributed by atoms with Gasteiger partial charge >= 0.3 is 0 Å². The second kappa shape index (κ2) is 8.95. The molecule has 0 spiro atoms. The Balaban J connectivity index is 1.65. The van der Waals surface area contributed by atoms with Gasteiger partial charge in [0, 0.05) is 40.0 Å². The number of fused-ring (bicyclic) bond motifs is 1. The molecule has 0 saturated heterocycles. The number of nitrogens with zero attached hydrogens (tertiary/aromatic N) is 4. The van der Waals surface area contributed by atoms with Gasteiger partial charge in [0.15, 0.2) is 5.69 Å². The Labute approximate surface area is 206 Å². The van der Waals surface area contributed by atoms with Gasteiger partial charge in [-0.25, -0.2) is 0 Å². The van der Waals surface area contributed by atoms with E-state index < -0.39 is 11.5 Å². The molecule has 32 heavy (non-hydrogen) atoms. The van der Waals surface area contributed by atoms with Crippen molar-refractivity contribution < 1.29 is 9.90 Å². The Morgan fingerprint density at radius 3 is 2.50 bits per heavy atom. The molecule has 9 heteroatoms. The number of carbonyl (C=O) groups excluding carboxylic acids is 1. The number of amides is 1. The third-order valence-electron chi connectivity index (χ3n) is 6.33. The van der Waals surface area contributed by atoms with Crippen molar-refractivity contribution in [1.29, 1.82) is 0 Å². The van der Waals surface area contributed by atoms with E-state index in [9.17, 15) is 9.90 Å². The summed E-state index contributed by atoms with van der Waals surface area (Å²) < 4.78 is 4.25. The Hall–Kier alpha value is -1.65. The second-order valence-electron chi connectivity index (χ2n) is 9.32. The Morgan fingerprint density at radius 2 is 1.94 bits per heavy atom. The van der Waals surface area contributed by atoms with Crippen LogP contribution in [-0.2, 0) is 12.6 Å². The van der Waals surface area contributed by atoms with Gasteiger partial charge in [-0.2, -0.15) is 10.2 Å². The minimum Gasteiger partial charge on any atom is -0.386 e. The van der Waals surface area contributed by atoms with Gasteiger partial charge in [0.25, 0.3) is 5.91 Å². The number of hydrogen-bond acceptors (Lipinski definition) is 4. The molecule has 1 saturated carbocycles. The first-order valence-electron chi connectivity index (χ1n) is 10.9. The predicted octanol–water partition coefficient (Wildman–Crippen LogP) is 5.46. The molecule has 1 aliphatic rings. The highest BCUT2D eigenvalue weighted by atomic mass is 127. The summed E-state index contributed by atoms with van der Waals surface area (Å²) >= 11 is 8.67. The molecule has 1 fully saturated rings. The van der Waals surface area contributed by atoms with Crippen molar-refractivity contribution in [2.75, 3.05) is 5.32 Å². The number of nitrogens with one attached hydrogen (secondary N) is 1. The van der Waals surface area contributed by atoms with Crippen LogP contribution >= 0.6 is 34.2 Å². The van der Waals surface area contributed by atoms with Crippen LogP contribution in [0.25, 0.3) is 10.9 Å². The normalized spacial score (nSPS) is 20.5. The zero-order valence-electron chi connectivity index (χ0n) is 18.8. The summed E-state index contributed by atoms with van der Waals surface area (Å²) in [5.41, 5.74) is 0.910. The maximum Gasteiger partial charge on any atom is 0.277 e. The van der Waals surface area contributed by atoms with Crippen molar-refractivity contribution in [2.24, 2.45) is 13.0 Å². The quantitative estimate of drug-likeness (QED) is 0.316. The van der Waals surface area contributed by atoms with E-state index in [1.165, 1.54) is 17.5 Å². The molecule has 0 bridgehead atoms. The van der Waals surface area contributed by atoms with Crippen LogP contribution in [0, 0.1) is 5.92 Å². The monoisotopic (exact) mass is 569 g/mol. The third-order valence-corrected chi connectivity index (χ3v) is 7.63. The lowest BCUT2D eigenvalue weighted by Crippen LogP contribution is -2.22. The average molecular weight is 570 g/mol. The first-order valence-corrected chi connectivity index (χ1v) is 12.6. The molecule has 172 valence electrons.